The second-order valence-corrected chi connectivity index (χ2v) is 6.49. The summed E-state index contributed by atoms with van der Waals surface area (Å²) in [5, 5.41) is 0. The molecule has 0 N–H and O–H groups in total. The fourth-order valence-corrected chi connectivity index (χ4v) is 3.17. The van der Waals surface area contributed by atoms with Crippen LogP contribution in [0.5, 0.6) is 0 Å². The number of isocyanates is 1. The maximum atomic E-state index is 13.5. The van der Waals surface area contributed by atoms with Crippen molar-refractivity contribution < 1.29 is 39.6 Å². The Bertz CT molecular complexity index is 989. The summed E-state index contributed by atoms with van der Waals surface area (Å²) < 4.78 is 105. The van der Waals surface area contributed by atoms with Crippen LogP contribution in [-0.2, 0) is 27.2 Å². The van der Waals surface area contributed by atoms with Crippen LogP contribution >= 0.6 is 0 Å². The second kappa shape index (κ2) is 6.58. The van der Waals surface area contributed by atoms with Crippen LogP contribution in [-0.4, -0.2) is 14.5 Å². The SMILES string of the molecule is O=C=NS(=O)(=O)c1cccc(-c2cccc(C(F)(F)F)c2)c1C(F)(F)F. The highest BCUT2D eigenvalue weighted by molar-refractivity contribution is 7.90. The Morgan fingerprint density at radius 3 is 2.04 bits per heavy atom. The standard InChI is InChI=1S/C15H7F6NO3S/c16-14(17,18)10-4-1-3-9(7-10)11-5-2-6-12(13(11)15(19,20)21)26(24,25)22-8-23/h1-7H. The number of hydrogen-bond donors (Lipinski definition) is 0. The molecule has 26 heavy (non-hydrogen) atoms. The van der Waals surface area contributed by atoms with Crippen molar-refractivity contribution in [3.05, 3.63) is 53.6 Å². The minimum absolute atomic E-state index is 0.462. The maximum Gasteiger partial charge on any atom is 0.418 e. The first kappa shape index (κ1) is 19.7. The van der Waals surface area contributed by atoms with Gasteiger partial charge in [-0.3, -0.25) is 0 Å². The van der Waals surface area contributed by atoms with Crippen molar-refractivity contribution in [1.29, 1.82) is 0 Å². The van der Waals surface area contributed by atoms with Gasteiger partial charge >= 0.3 is 12.4 Å². The molecule has 4 nitrogen and oxygen atoms in total. The van der Waals surface area contributed by atoms with E-state index >= 15 is 0 Å². The van der Waals surface area contributed by atoms with Crippen molar-refractivity contribution >= 4 is 16.1 Å². The molecule has 0 aliphatic heterocycles. The van der Waals surface area contributed by atoms with Crippen molar-refractivity contribution in [2.75, 3.05) is 0 Å². The predicted octanol–water partition coefficient (Wildman–Crippen LogP) is 4.42. The van der Waals surface area contributed by atoms with Gasteiger partial charge in [-0.2, -0.15) is 34.8 Å². The lowest BCUT2D eigenvalue weighted by Gasteiger charge is -2.17. The minimum Gasteiger partial charge on any atom is -0.210 e. The van der Waals surface area contributed by atoms with Gasteiger partial charge in [-0.25, -0.2) is 4.79 Å². The van der Waals surface area contributed by atoms with E-state index in [9.17, 15) is 39.6 Å². The van der Waals surface area contributed by atoms with Crippen molar-refractivity contribution in [2.24, 2.45) is 4.40 Å². The molecule has 0 unspecified atom stereocenters. The van der Waals surface area contributed by atoms with E-state index in [4.69, 9.17) is 0 Å². The average molecular weight is 395 g/mol. The molecule has 0 fully saturated rings. The number of nitrogens with zero attached hydrogens (tertiary/aromatic N) is 1. The molecule has 0 heterocycles. The number of rotatable bonds is 3. The quantitative estimate of drug-likeness (QED) is 0.439. The smallest absolute Gasteiger partial charge is 0.210 e. The molecule has 0 radical (unpaired) electrons. The van der Waals surface area contributed by atoms with Crippen molar-refractivity contribution in [3.63, 3.8) is 0 Å². The van der Waals surface area contributed by atoms with Gasteiger partial charge in [-0.15, -0.1) is 0 Å². The number of benzene rings is 2. The van der Waals surface area contributed by atoms with E-state index in [1.807, 2.05) is 0 Å². The Morgan fingerprint density at radius 2 is 1.50 bits per heavy atom. The van der Waals surface area contributed by atoms with E-state index in [2.05, 4.69) is 4.40 Å². The van der Waals surface area contributed by atoms with Crippen LogP contribution in [0.15, 0.2) is 51.8 Å². The first-order chi connectivity index (χ1) is 11.9. The van der Waals surface area contributed by atoms with Gasteiger partial charge in [0.15, 0.2) is 0 Å². The Balaban J connectivity index is 2.86. The third-order valence-electron chi connectivity index (χ3n) is 3.25. The number of hydrogen-bond acceptors (Lipinski definition) is 3. The molecule has 0 bridgehead atoms. The molecular weight excluding hydrogens is 388 g/mol. The molecule has 0 saturated carbocycles. The highest BCUT2D eigenvalue weighted by atomic mass is 32.2. The highest BCUT2D eigenvalue weighted by Crippen LogP contribution is 2.42. The molecular formula is C15H7F6NO3S. The molecule has 0 aliphatic rings. The van der Waals surface area contributed by atoms with Gasteiger partial charge in [0.2, 0.25) is 0 Å². The summed E-state index contributed by atoms with van der Waals surface area (Å²) >= 11 is 0. The van der Waals surface area contributed by atoms with Gasteiger partial charge in [0.05, 0.1) is 11.1 Å². The Hall–Kier alpha value is -2.65. The van der Waals surface area contributed by atoms with E-state index in [-0.39, 0.29) is 0 Å². The van der Waals surface area contributed by atoms with Gasteiger partial charge in [-0.05, 0) is 29.3 Å². The molecule has 0 spiro atoms. The largest absolute Gasteiger partial charge is 0.418 e. The molecule has 11 heteroatoms. The van der Waals surface area contributed by atoms with Crippen LogP contribution in [0.2, 0.25) is 0 Å². The van der Waals surface area contributed by atoms with Crippen LogP contribution in [0, 0.1) is 0 Å². The average Bonchev–Trinajstić information content (AvgIpc) is 2.52. The molecule has 2 aromatic carbocycles. The van der Waals surface area contributed by atoms with E-state index < -0.39 is 49.5 Å². The second-order valence-electron chi connectivity index (χ2n) is 4.91. The van der Waals surface area contributed by atoms with Gasteiger partial charge in [0.1, 0.15) is 4.90 Å². The molecule has 0 amide bonds. The molecule has 0 aromatic heterocycles. The predicted molar refractivity (Wildman–Crippen MR) is 77.2 cm³/mol. The zero-order valence-corrected chi connectivity index (χ0v) is 13.2. The Labute approximate surface area is 142 Å². The fraction of sp³-hybridized carbons (Fsp3) is 0.133. The minimum atomic E-state index is -5.24. The van der Waals surface area contributed by atoms with Gasteiger partial charge in [0, 0.05) is 0 Å². The number of alkyl halides is 6. The number of sulfonamides is 1. The van der Waals surface area contributed by atoms with Crippen molar-refractivity contribution in [1.82, 2.24) is 0 Å². The Morgan fingerprint density at radius 1 is 0.885 bits per heavy atom. The third kappa shape index (κ3) is 3.94. The normalized spacial score (nSPS) is 12.5. The summed E-state index contributed by atoms with van der Waals surface area (Å²) in [6, 6.07) is 5.26. The molecule has 2 rings (SSSR count). The summed E-state index contributed by atoms with van der Waals surface area (Å²) in [4.78, 5) is 8.83. The van der Waals surface area contributed by atoms with Crippen LogP contribution in [0.4, 0.5) is 26.3 Å². The first-order valence-corrected chi connectivity index (χ1v) is 8.04. The number of halogens is 6. The molecule has 0 aliphatic carbocycles. The first-order valence-electron chi connectivity index (χ1n) is 6.60. The maximum absolute atomic E-state index is 13.5. The number of carbonyl (C=O) groups excluding carboxylic acids is 1. The lowest BCUT2D eigenvalue weighted by molar-refractivity contribution is -0.139. The summed E-state index contributed by atoms with van der Waals surface area (Å²) in [6.07, 6.45) is -9.41. The van der Waals surface area contributed by atoms with E-state index in [1.54, 1.807) is 0 Å². The zero-order chi connectivity index (χ0) is 19.8. The topological polar surface area (TPSA) is 63.6 Å². The third-order valence-corrected chi connectivity index (χ3v) is 4.46. The van der Waals surface area contributed by atoms with Crippen LogP contribution in [0.3, 0.4) is 0 Å². The summed E-state index contributed by atoms with van der Waals surface area (Å²) in [5.74, 6) is 0. The lowest BCUT2D eigenvalue weighted by Crippen LogP contribution is -2.14. The Kier molecular flexibility index (Phi) is 4.98. The molecule has 2 aromatic rings. The van der Waals surface area contributed by atoms with Crippen molar-refractivity contribution in [2.45, 2.75) is 17.2 Å². The van der Waals surface area contributed by atoms with E-state index in [0.717, 1.165) is 24.3 Å². The van der Waals surface area contributed by atoms with Crippen LogP contribution in [0.25, 0.3) is 11.1 Å². The van der Waals surface area contributed by atoms with Crippen LogP contribution in [0.1, 0.15) is 11.1 Å². The van der Waals surface area contributed by atoms with E-state index in [0.29, 0.717) is 24.3 Å². The van der Waals surface area contributed by atoms with Crippen molar-refractivity contribution in [3.8, 4) is 11.1 Å². The highest BCUT2D eigenvalue weighted by Gasteiger charge is 2.40. The monoisotopic (exact) mass is 395 g/mol. The summed E-state index contributed by atoms with van der Waals surface area (Å²) in [6.45, 7) is 0. The summed E-state index contributed by atoms with van der Waals surface area (Å²) in [5.41, 5.74) is -4.23. The molecule has 0 saturated heterocycles. The molecule has 138 valence electrons. The van der Waals surface area contributed by atoms with Crippen LogP contribution < -0.4 is 0 Å². The van der Waals surface area contributed by atoms with E-state index in [1.165, 1.54) is 0 Å². The van der Waals surface area contributed by atoms with Gasteiger partial charge in [-0.1, -0.05) is 28.7 Å². The lowest BCUT2D eigenvalue weighted by atomic mass is 9.97. The fourth-order valence-electron chi connectivity index (χ4n) is 2.24. The molecule has 0 atom stereocenters. The summed E-state index contributed by atoms with van der Waals surface area (Å²) in [7, 11) is -5.03. The van der Waals surface area contributed by atoms with Gasteiger partial charge < -0.3 is 0 Å². The van der Waals surface area contributed by atoms with Gasteiger partial charge in [0.25, 0.3) is 16.1 Å². The zero-order valence-electron chi connectivity index (χ0n) is 12.4.